The first kappa shape index (κ1) is 20.4. The summed E-state index contributed by atoms with van der Waals surface area (Å²) in [6.45, 7) is 0.602. The summed E-state index contributed by atoms with van der Waals surface area (Å²) >= 11 is 0. The van der Waals surface area contributed by atoms with Crippen molar-refractivity contribution >= 4 is 29.1 Å². The maximum absolute atomic E-state index is 12.9. The van der Waals surface area contributed by atoms with Gasteiger partial charge in [-0.25, -0.2) is 0 Å². The Morgan fingerprint density at radius 1 is 0.969 bits per heavy atom. The van der Waals surface area contributed by atoms with Crippen LogP contribution in [0.15, 0.2) is 42.5 Å². The van der Waals surface area contributed by atoms with Gasteiger partial charge in [-0.15, -0.1) is 0 Å². The third-order valence-corrected chi connectivity index (χ3v) is 6.35. The lowest BCUT2D eigenvalue weighted by Crippen LogP contribution is -2.35. The van der Waals surface area contributed by atoms with Gasteiger partial charge in [0.1, 0.15) is 0 Å². The van der Waals surface area contributed by atoms with Gasteiger partial charge in [-0.05, 0) is 37.1 Å². The number of fused-ring (bicyclic) bond motifs is 1. The fourth-order valence-electron chi connectivity index (χ4n) is 4.67. The molecule has 32 heavy (non-hydrogen) atoms. The molecule has 2 aromatic rings. The van der Waals surface area contributed by atoms with Gasteiger partial charge in [-0.3, -0.25) is 14.4 Å². The molecular weight excluding hydrogens is 410 g/mol. The van der Waals surface area contributed by atoms with Crippen molar-refractivity contribution in [1.29, 1.82) is 0 Å². The van der Waals surface area contributed by atoms with Crippen LogP contribution in [0.25, 0.3) is 0 Å². The molecule has 1 unspecified atom stereocenters. The summed E-state index contributed by atoms with van der Waals surface area (Å²) in [4.78, 5) is 40.2. The second kappa shape index (κ2) is 8.53. The molecule has 1 saturated carbocycles. The van der Waals surface area contributed by atoms with Crippen molar-refractivity contribution in [1.82, 2.24) is 4.90 Å². The zero-order valence-electron chi connectivity index (χ0n) is 17.6. The molecular formula is C24H25N3O5. The number of hydrogen-bond acceptors (Lipinski definition) is 5. The van der Waals surface area contributed by atoms with E-state index < -0.39 is 5.92 Å². The Balaban J connectivity index is 1.26. The molecule has 2 N–H and O–H groups in total. The van der Waals surface area contributed by atoms with E-state index in [4.69, 9.17) is 9.47 Å². The van der Waals surface area contributed by atoms with Gasteiger partial charge in [0.15, 0.2) is 11.5 Å². The number of hydrogen-bond donors (Lipinski definition) is 2. The van der Waals surface area contributed by atoms with Crippen molar-refractivity contribution in [2.24, 2.45) is 5.92 Å². The van der Waals surface area contributed by atoms with Crippen LogP contribution in [0.1, 0.15) is 42.5 Å². The largest absolute Gasteiger partial charge is 0.454 e. The van der Waals surface area contributed by atoms with Gasteiger partial charge in [-0.2, -0.15) is 0 Å². The van der Waals surface area contributed by atoms with Crippen molar-refractivity contribution in [3.63, 3.8) is 0 Å². The van der Waals surface area contributed by atoms with Crippen LogP contribution in [-0.2, 0) is 9.59 Å². The van der Waals surface area contributed by atoms with Gasteiger partial charge >= 0.3 is 0 Å². The third-order valence-electron chi connectivity index (χ3n) is 6.35. The minimum absolute atomic E-state index is 0.0471. The lowest BCUT2D eigenvalue weighted by Gasteiger charge is -2.24. The second-order valence-corrected chi connectivity index (χ2v) is 8.44. The number of amides is 3. The molecule has 8 heteroatoms. The number of para-hydroxylation sites is 1. The van der Waals surface area contributed by atoms with Crippen LogP contribution in [0.4, 0.5) is 11.4 Å². The van der Waals surface area contributed by atoms with Gasteiger partial charge in [0.25, 0.3) is 5.91 Å². The van der Waals surface area contributed by atoms with E-state index in [-0.39, 0.29) is 37.0 Å². The Labute approximate surface area is 185 Å². The molecule has 0 bridgehead atoms. The maximum Gasteiger partial charge on any atom is 0.257 e. The smallest absolute Gasteiger partial charge is 0.257 e. The van der Waals surface area contributed by atoms with Gasteiger partial charge in [0.2, 0.25) is 18.6 Å². The molecule has 1 saturated heterocycles. The molecule has 2 aliphatic heterocycles. The Kier molecular flexibility index (Phi) is 5.43. The number of rotatable bonds is 5. The van der Waals surface area contributed by atoms with Crippen LogP contribution in [0, 0.1) is 5.92 Å². The van der Waals surface area contributed by atoms with Crippen molar-refractivity contribution in [2.75, 3.05) is 24.0 Å². The van der Waals surface area contributed by atoms with Gasteiger partial charge < -0.3 is 25.0 Å². The van der Waals surface area contributed by atoms with E-state index in [2.05, 4.69) is 10.6 Å². The molecule has 0 radical (unpaired) electrons. The zero-order valence-corrected chi connectivity index (χ0v) is 17.6. The Morgan fingerprint density at radius 2 is 1.75 bits per heavy atom. The summed E-state index contributed by atoms with van der Waals surface area (Å²) in [5, 5.41) is 5.70. The Morgan fingerprint density at radius 3 is 2.59 bits per heavy atom. The minimum Gasteiger partial charge on any atom is -0.454 e. The predicted molar refractivity (Wildman–Crippen MR) is 118 cm³/mol. The molecule has 2 heterocycles. The summed E-state index contributed by atoms with van der Waals surface area (Å²) in [6.07, 6.45) is 4.52. The average Bonchev–Trinajstić information content (AvgIpc) is 3.54. The van der Waals surface area contributed by atoms with Crippen LogP contribution >= 0.6 is 0 Å². The van der Waals surface area contributed by atoms with E-state index in [1.807, 2.05) is 4.90 Å². The summed E-state index contributed by atoms with van der Waals surface area (Å²) in [5.74, 6) is 0.256. The SMILES string of the molecule is O=C(Nc1ccc2c(c1)OCO2)c1ccccc1NC(=O)C1CC(=O)N(C2CCCC2)C1. The molecule has 3 amide bonds. The zero-order chi connectivity index (χ0) is 22.1. The minimum atomic E-state index is -0.409. The molecule has 3 aliphatic rings. The Bertz CT molecular complexity index is 1060. The number of carbonyl (C=O) groups is 3. The standard InChI is InChI=1S/C24H25N3O5/c28-22-11-15(13-27(22)17-5-1-2-6-17)23(29)26-19-8-4-3-7-18(19)24(30)25-16-9-10-20-21(12-16)32-14-31-20/h3-4,7-10,12,15,17H,1-2,5-6,11,13-14H2,(H,25,30)(H,26,29). The highest BCUT2D eigenvalue weighted by atomic mass is 16.7. The van der Waals surface area contributed by atoms with Gasteiger partial charge in [-0.1, -0.05) is 25.0 Å². The van der Waals surface area contributed by atoms with Crippen molar-refractivity contribution in [3.05, 3.63) is 48.0 Å². The first-order chi connectivity index (χ1) is 15.6. The summed E-state index contributed by atoms with van der Waals surface area (Å²) in [6, 6.07) is 12.3. The number of carbonyl (C=O) groups excluding carboxylic acids is 3. The van der Waals surface area contributed by atoms with Crippen LogP contribution in [0.5, 0.6) is 11.5 Å². The monoisotopic (exact) mass is 435 g/mol. The molecule has 0 spiro atoms. The number of ether oxygens (including phenoxy) is 2. The first-order valence-electron chi connectivity index (χ1n) is 11.0. The normalized spacial score (nSPS) is 19.9. The van der Waals surface area contributed by atoms with Gasteiger partial charge in [0.05, 0.1) is 17.2 Å². The fraction of sp³-hybridized carbons (Fsp3) is 0.375. The highest BCUT2D eigenvalue weighted by Crippen LogP contribution is 2.34. The molecule has 1 atom stereocenters. The quantitative estimate of drug-likeness (QED) is 0.750. The number of benzene rings is 2. The van der Waals surface area contributed by atoms with E-state index in [1.165, 1.54) is 0 Å². The highest BCUT2D eigenvalue weighted by Gasteiger charge is 2.38. The summed E-state index contributed by atoms with van der Waals surface area (Å²) in [5.41, 5.74) is 1.33. The van der Waals surface area contributed by atoms with E-state index in [1.54, 1.807) is 42.5 Å². The Hall–Kier alpha value is -3.55. The second-order valence-electron chi connectivity index (χ2n) is 8.44. The van der Waals surface area contributed by atoms with E-state index in [9.17, 15) is 14.4 Å². The van der Waals surface area contributed by atoms with E-state index in [0.29, 0.717) is 35.0 Å². The molecule has 2 fully saturated rings. The highest BCUT2D eigenvalue weighted by molar-refractivity contribution is 6.10. The van der Waals surface area contributed by atoms with Crippen molar-refractivity contribution < 1.29 is 23.9 Å². The van der Waals surface area contributed by atoms with Gasteiger partial charge in [0, 0.05) is 30.8 Å². The fourth-order valence-corrected chi connectivity index (χ4v) is 4.67. The molecule has 5 rings (SSSR count). The number of nitrogens with zero attached hydrogens (tertiary/aromatic N) is 1. The average molecular weight is 435 g/mol. The van der Waals surface area contributed by atoms with Crippen molar-refractivity contribution in [2.45, 2.75) is 38.1 Å². The predicted octanol–water partition coefficient (Wildman–Crippen LogP) is 3.40. The van der Waals surface area contributed by atoms with Crippen molar-refractivity contribution in [3.8, 4) is 11.5 Å². The van der Waals surface area contributed by atoms with E-state index >= 15 is 0 Å². The first-order valence-corrected chi connectivity index (χ1v) is 11.0. The third kappa shape index (κ3) is 4.00. The molecule has 1 aliphatic carbocycles. The molecule has 0 aromatic heterocycles. The number of nitrogens with one attached hydrogen (secondary N) is 2. The number of likely N-dealkylation sites (tertiary alicyclic amines) is 1. The lowest BCUT2D eigenvalue weighted by atomic mass is 10.1. The number of anilines is 2. The van der Waals surface area contributed by atoms with Crippen LogP contribution in [0.2, 0.25) is 0 Å². The summed E-state index contributed by atoms with van der Waals surface area (Å²) in [7, 11) is 0. The lowest BCUT2D eigenvalue weighted by molar-refractivity contribution is -0.129. The maximum atomic E-state index is 12.9. The van der Waals surface area contributed by atoms with Crippen LogP contribution in [0.3, 0.4) is 0 Å². The molecule has 166 valence electrons. The molecule has 2 aromatic carbocycles. The van der Waals surface area contributed by atoms with Crippen LogP contribution in [-0.4, -0.2) is 42.0 Å². The summed E-state index contributed by atoms with van der Waals surface area (Å²) < 4.78 is 10.6. The molecule has 8 nitrogen and oxygen atoms in total. The van der Waals surface area contributed by atoms with Crippen LogP contribution < -0.4 is 20.1 Å². The van der Waals surface area contributed by atoms with E-state index in [0.717, 1.165) is 25.7 Å². The topological polar surface area (TPSA) is 97.0 Å².